The van der Waals surface area contributed by atoms with E-state index in [-0.39, 0.29) is 12.1 Å². The van der Waals surface area contributed by atoms with Crippen LogP contribution in [0.1, 0.15) is 48.6 Å². The number of pyridine rings is 1. The van der Waals surface area contributed by atoms with E-state index in [1.54, 1.807) is 0 Å². The van der Waals surface area contributed by atoms with E-state index in [0.717, 1.165) is 10.8 Å². The summed E-state index contributed by atoms with van der Waals surface area (Å²) < 4.78 is 2.32. The molecule has 1 saturated heterocycles. The average molecular weight is 391 g/mol. The van der Waals surface area contributed by atoms with E-state index >= 15 is 0 Å². The number of thiocarbonyl (C=S) groups is 1. The second kappa shape index (κ2) is 7.40. The second-order valence-corrected chi connectivity index (χ2v) is 8.01. The largest absolute Gasteiger partial charge is 0.352 e. The third-order valence-corrected chi connectivity index (χ3v) is 5.82. The summed E-state index contributed by atoms with van der Waals surface area (Å²) in [4.78, 5) is 6.94. The zero-order chi connectivity index (χ0) is 19.8. The van der Waals surface area contributed by atoms with E-state index in [1.165, 1.54) is 22.6 Å². The molecule has 1 aliphatic rings. The van der Waals surface area contributed by atoms with Gasteiger partial charge in [0.25, 0.3) is 0 Å². The third-order valence-electron chi connectivity index (χ3n) is 5.49. The van der Waals surface area contributed by atoms with E-state index in [9.17, 15) is 0 Å². The van der Waals surface area contributed by atoms with Gasteiger partial charge in [-0.25, -0.2) is 0 Å². The lowest BCUT2D eigenvalue weighted by Crippen LogP contribution is -2.35. The van der Waals surface area contributed by atoms with E-state index in [2.05, 4.69) is 89.9 Å². The van der Waals surface area contributed by atoms with Crippen molar-refractivity contribution < 1.29 is 0 Å². The van der Waals surface area contributed by atoms with Crippen molar-refractivity contribution in [1.29, 1.82) is 0 Å². The van der Waals surface area contributed by atoms with Gasteiger partial charge in [-0.15, -0.1) is 0 Å². The van der Waals surface area contributed by atoms with Gasteiger partial charge in [-0.3, -0.25) is 4.98 Å². The fraction of sp³-hybridized carbons (Fsp3) is 0.304. The molecule has 0 saturated carbocycles. The SMILES string of the molecule is Cc1cc([C@@H]2[C@H](c3ccccn3)NC(=S)N2C(C)C)c(C)n1-c1ccccc1. The van der Waals surface area contributed by atoms with Crippen molar-refractivity contribution in [1.82, 2.24) is 19.8 Å². The van der Waals surface area contributed by atoms with Gasteiger partial charge in [-0.2, -0.15) is 0 Å². The molecule has 1 fully saturated rings. The minimum atomic E-state index is 0.0285. The molecule has 0 unspecified atom stereocenters. The van der Waals surface area contributed by atoms with Crippen LogP contribution in [0.2, 0.25) is 0 Å². The van der Waals surface area contributed by atoms with Crippen LogP contribution in [0, 0.1) is 13.8 Å². The van der Waals surface area contributed by atoms with Gasteiger partial charge >= 0.3 is 0 Å². The van der Waals surface area contributed by atoms with Crippen LogP contribution in [-0.2, 0) is 0 Å². The first-order chi connectivity index (χ1) is 13.5. The van der Waals surface area contributed by atoms with Crippen LogP contribution >= 0.6 is 12.2 Å². The molecular formula is C23H26N4S. The van der Waals surface area contributed by atoms with Gasteiger partial charge in [0.2, 0.25) is 0 Å². The molecule has 2 atom stereocenters. The number of nitrogens with zero attached hydrogens (tertiary/aromatic N) is 3. The number of aryl methyl sites for hydroxylation is 1. The topological polar surface area (TPSA) is 33.1 Å². The Bertz CT molecular complexity index is 979. The predicted octanol–water partition coefficient (Wildman–Crippen LogP) is 4.87. The maximum atomic E-state index is 5.73. The zero-order valence-corrected chi connectivity index (χ0v) is 17.6. The van der Waals surface area contributed by atoms with E-state index in [1.807, 2.05) is 18.3 Å². The molecule has 1 aromatic carbocycles. The molecule has 3 heterocycles. The Labute approximate surface area is 172 Å². The molecule has 0 aliphatic carbocycles. The Balaban J connectivity index is 1.86. The molecule has 5 heteroatoms. The van der Waals surface area contributed by atoms with Crippen molar-refractivity contribution in [2.75, 3.05) is 0 Å². The molecule has 0 spiro atoms. The monoisotopic (exact) mass is 390 g/mol. The Hall–Kier alpha value is -2.66. The number of rotatable bonds is 4. The summed E-state index contributed by atoms with van der Waals surface area (Å²) in [5.74, 6) is 0. The molecule has 2 aromatic heterocycles. The standard InChI is InChI=1S/C23H26N4S/c1-15(2)26-22(21(25-23(26)28)20-12-8-9-13-24-20)19-14-16(3)27(17(19)4)18-10-6-5-7-11-18/h5-15,21-22H,1-4H3,(H,25,28)/t21-,22+/m0/s1. The maximum absolute atomic E-state index is 5.73. The summed E-state index contributed by atoms with van der Waals surface area (Å²) in [7, 11) is 0. The lowest BCUT2D eigenvalue weighted by atomic mass is 9.96. The minimum absolute atomic E-state index is 0.0285. The molecule has 1 N–H and O–H groups in total. The van der Waals surface area contributed by atoms with Crippen molar-refractivity contribution in [3.8, 4) is 5.69 Å². The fourth-order valence-electron chi connectivity index (χ4n) is 4.32. The number of aromatic nitrogens is 2. The quantitative estimate of drug-likeness (QED) is 0.644. The van der Waals surface area contributed by atoms with Crippen LogP contribution in [0.25, 0.3) is 5.69 Å². The Morgan fingerprint density at radius 3 is 2.39 bits per heavy atom. The third kappa shape index (κ3) is 3.10. The minimum Gasteiger partial charge on any atom is -0.352 e. The maximum Gasteiger partial charge on any atom is 0.170 e. The highest BCUT2D eigenvalue weighted by atomic mass is 32.1. The van der Waals surface area contributed by atoms with Gasteiger partial charge in [0.05, 0.1) is 17.8 Å². The summed E-state index contributed by atoms with van der Waals surface area (Å²) in [5.41, 5.74) is 5.95. The van der Waals surface area contributed by atoms with Crippen LogP contribution in [0.3, 0.4) is 0 Å². The number of hydrogen-bond acceptors (Lipinski definition) is 2. The molecule has 3 aromatic rings. The van der Waals surface area contributed by atoms with E-state index < -0.39 is 0 Å². The Morgan fingerprint density at radius 1 is 1.04 bits per heavy atom. The summed E-state index contributed by atoms with van der Waals surface area (Å²) in [6.45, 7) is 8.75. The van der Waals surface area contributed by atoms with Crippen molar-refractivity contribution in [3.05, 3.63) is 83.4 Å². The van der Waals surface area contributed by atoms with Gasteiger partial charge in [0.1, 0.15) is 0 Å². The van der Waals surface area contributed by atoms with Gasteiger partial charge < -0.3 is 14.8 Å². The van der Waals surface area contributed by atoms with Crippen LogP contribution in [0.4, 0.5) is 0 Å². The van der Waals surface area contributed by atoms with Gasteiger partial charge in [0, 0.05) is 29.3 Å². The van der Waals surface area contributed by atoms with Crippen molar-refractivity contribution >= 4 is 17.3 Å². The molecule has 4 rings (SSSR count). The Morgan fingerprint density at radius 2 is 1.75 bits per heavy atom. The number of benzene rings is 1. The van der Waals surface area contributed by atoms with Crippen LogP contribution < -0.4 is 5.32 Å². The molecule has 0 amide bonds. The summed E-state index contributed by atoms with van der Waals surface area (Å²) in [6.07, 6.45) is 1.85. The molecule has 144 valence electrons. The van der Waals surface area contributed by atoms with Gasteiger partial charge in [-0.05, 0) is 75.8 Å². The van der Waals surface area contributed by atoms with Gasteiger partial charge in [-0.1, -0.05) is 24.3 Å². The molecular weight excluding hydrogens is 364 g/mol. The highest BCUT2D eigenvalue weighted by molar-refractivity contribution is 7.80. The summed E-state index contributed by atoms with van der Waals surface area (Å²) in [5, 5.41) is 4.32. The molecule has 28 heavy (non-hydrogen) atoms. The summed E-state index contributed by atoms with van der Waals surface area (Å²) in [6, 6.07) is 19.3. The average Bonchev–Trinajstić information content (AvgIpc) is 3.19. The van der Waals surface area contributed by atoms with Crippen molar-refractivity contribution in [2.45, 2.75) is 45.8 Å². The highest BCUT2D eigenvalue weighted by Crippen LogP contribution is 2.42. The molecule has 4 nitrogen and oxygen atoms in total. The fourth-order valence-corrected chi connectivity index (χ4v) is 4.77. The first-order valence-electron chi connectivity index (χ1n) is 9.73. The lowest BCUT2D eigenvalue weighted by Gasteiger charge is -2.31. The normalized spacial score (nSPS) is 19.3. The van der Waals surface area contributed by atoms with Crippen LogP contribution in [0.15, 0.2) is 60.8 Å². The van der Waals surface area contributed by atoms with Gasteiger partial charge in [0.15, 0.2) is 5.11 Å². The zero-order valence-electron chi connectivity index (χ0n) is 16.8. The highest BCUT2D eigenvalue weighted by Gasteiger charge is 2.42. The lowest BCUT2D eigenvalue weighted by molar-refractivity contribution is 0.269. The number of hydrogen-bond donors (Lipinski definition) is 1. The molecule has 0 radical (unpaired) electrons. The van der Waals surface area contributed by atoms with Crippen molar-refractivity contribution in [2.24, 2.45) is 0 Å². The number of nitrogens with one attached hydrogen (secondary N) is 1. The Kier molecular flexibility index (Phi) is 4.94. The second-order valence-electron chi connectivity index (χ2n) is 7.63. The first-order valence-corrected chi connectivity index (χ1v) is 10.1. The van der Waals surface area contributed by atoms with Crippen LogP contribution in [0.5, 0.6) is 0 Å². The first kappa shape index (κ1) is 18.7. The number of para-hydroxylation sites is 1. The van der Waals surface area contributed by atoms with Crippen molar-refractivity contribution in [3.63, 3.8) is 0 Å². The predicted molar refractivity (Wildman–Crippen MR) is 118 cm³/mol. The van der Waals surface area contributed by atoms with Crippen LogP contribution in [-0.4, -0.2) is 25.6 Å². The molecule has 0 bridgehead atoms. The molecule has 1 aliphatic heterocycles. The van der Waals surface area contributed by atoms with E-state index in [4.69, 9.17) is 12.2 Å². The summed E-state index contributed by atoms with van der Waals surface area (Å²) >= 11 is 5.73. The smallest absolute Gasteiger partial charge is 0.170 e. The van der Waals surface area contributed by atoms with E-state index in [0.29, 0.717) is 6.04 Å².